The number of nitriles is 1. The zero-order valence-electron chi connectivity index (χ0n) is 7.19. The molecule has 0 aromatic rings. The lowest BCUT2D eigenvalue weighted by Gasteiger charge is -2.08. The fourth-order valence-electron chi connectivity index (χ4n) is 1.19. The molecule has 1 aliphatic rings. The predicted octanol–water partition coefficient (Wildman–Crippen LogP) is -0.834. The fourth-order valence-corrected chi connectivity index (χ4v) is 1.19. The topological polar surface area (TPSA) is 82.3 Å². The Hall–Kier alpha value is -1.12. The Kier molecular flexibility index (Phi) is 3.68. The number of ether oxygens (including phenoxy) is 1. The van der Waals surface area contributed by atoms with Gasteiger partial charge in [0.1, 0.15) is 12.6 Å². The van der Waals surface area contributed by atoms with Crippen LogP contribution >= 0.6 is 0 Å². The fraction of sp³-hybridized carbons (Fsp3) is 0.750. The number of nitrogens with one attached hydrogen (secondary N) is 1. The van der Waals surface area contributed by atoms with Crippen molar-refractivity contribution < 1.29 is 14.6 Å². The third-order valence-electron chi connectivity index (χ3n) is 1.85. The van der Waals surface area contributed by atoms with Crippen molar-refractivity contribution in [2.45, 2.75) is 25.0 Å². The van der Waals surface area contributed by atoms with Gasteiger partial charge in [-0.25, -0.2) is 0 Å². The lowest BCUT2D eigenvalue weighted by Crippen LogP contribution is -2.32. The highest BCUT2D eigenvalue weighted by atomic mass is 16.5. The zero-order chi connectivity index (χ0) is 9.68. The normalized spacial score (nSPS) is 26.8. The first-order valence-corrected chi connectivity index (χ1v) is 4.19. The molecular weight excluding hydrogens is 172 g/mol. The van der Waals surface area contributed by atoms with E-state index >= 15 is 0 Å². The molecule has 0 aromatic carbocycles. The molecule has 2 atom stereocenters. The minimum absolute atomic E-state index is 0.129. The van der Waals surface area contributed by atoms with Crippen molar-refractivity contribution in [1.29, 1.82) is 5.26 Å². The second-order valence-electron chi connectivity index (χ2n) is 2.93. The van der Waals surface area contributed by atoms with Gasteiger partial charge in [-0.3, -0.25) is 4.79 Å². The summed E-state index contributed by atoms with van der Waals surface area (Å²) in [6.07, 6.45) is 0.139. The van der Waals surface area contributed by atoms with Gasteiger partial charge in [0.2, 0.25) is 0 Å². The number of carbonyl (C=O) groups excluding carboxylic acids is 1. The number of aliphatic hydroxyl groups excluding tert-OH is 1. The summed E-state index contributed by atoms with van der Waals surface area (Å²) in [6.45, 7) is 0.557. The number of aliphatic hydroxyl groups is 1. The summed E-state index contributed by atoms with van der Waals surface area (Å²) in [5, 5.41) is 20.1. The minimum atomic E-state index is -0.464. The van der Waals surface area contributed by atoms with E-state index in [1.165, 1.54) is 0 Å². The van der Waals surface area contributed by atoms with Crippen molar-refractivity contribution in [3.63, 3.8) is 0 Å². The molecule has 1 heterocycles. The van der Waals surface area contributed by atoms with Gasteiger partial charge in [-0.2, -0.15) is 5.26 Å². The van der Waals surface area contributed by atoms with Gasteiger partial charge in [-0.05, 0) is 0 Å². The number of rotatable bonds is 3. The average Bonchev–Trinajstić information content (AvgIpc) is 2.52. The van der Waals surface area contributed by atoms with E-state index in [9.17, 15) is 4.79 Å². The molecule has 5 nitrogen and oxygen atoms in total. The number of hydrogen-bond acceptors (Lipinski definition) is 5. The highest BCUT2D eigenvalue weighted by Gasteiger charge is 2.28. The monoisotopic (exact) mass is 184 g/mol. The summed E-state index contributed by atoms with van der Waals surface area (Å²) in [5.74, 6) is -0.383. The van der Waals surface area contributed by atoms with E-state index in [-0.39, 0.29) is 19.0 Å². The molecular formula is C8H12N2O3. The highest BCUT2D eigenvalue weighted by Crippen LogP contribution is 2.07. The summed E-state index contributed by atoms with van der Waals surface area (Å²) >= 11 is 0. The maximum atomic E-state index is 11.2. The Balaban J connectivity index is 2.21. The van der Waals surface area contributed by atoms with E-state index in [4.69, 9.17) is 15.1 Å². The van der Waals surface area contributed by atoms with E-state index in [0.29, 0.717) is 13.0 Å². The van der Waals surface area contributed by atoms with Crippen LogP contribution < -0.4 is 5.32 Å². The van der Waals surface area contributed by atoms with Crippen LogP contribution in [-0.2, 0) is 9.53 Å². The minimum Gasteiger partial charge on any atom is -0.463 e. The highest BCUT2D eigenvalue weighted by molar-refractivity contribution is 5.76. The van der Waals surface area contributed by atoms with Crippen molar-refractivity contribution in [2.75, 3.05) is 13.2 Å². The molecule has 0 unspecified atom stereocenters. The van der Waals surface area contributed by atoms with Crippen LogP contribution in [0.15, 0.2) is 0 Å². The number of β-amino-alcohol motifs (C(OH)–C–C–N with tert-alkyl or cyclic N) is 1. The summed E-state index contributed by atoms with van der Waals surface area (Å²) in [7, 11) is 0. The van der Waals surface area contributed by atoms with E-state index in [2.05, 4.69) is 5.32 Å². The summed E-state index contributed by atoms with van der Waals surface area (Å²) in [6, 6.07) is 1.47. The molecule has 0 aromatic heterocycles. The van der Waals surface area contributed by atoms with Crippen LogP contribution in [0.1, 0.15) is 12.8 Å². The van der Waals surface area contributed by atoms with Crippen molar-refractivity contribution in [3.05, 3.63) is 0 Å². The van der Waals surface area contributed by atoms with Gasteiger partial charge < -0.3 is 15.2 Å². The summed E-state index contributed by atoms with van der Waals surface area (Å²) < 4.78 is 4.78. The van der Waals surface area contributed by atoms with Crippen LogP contribution in [-0.4, -0.2) is 36.4 Å². The van der Waals surface area contributed by atoms with Crippen molar-refractivity contribution in [2.24, 2.45) is 0 Å². The predicted molar refractivity (Wildman–Crippen MR) is 43.6 cm³/mol. The van der Waals surface area contributed by atoms with E-state index in [1.807, 2.05) is 6.07 Å². The Morgan fingerprint density at radius 2 is 2.54 bits per heavy atom. The first-order valence-electron chi connectivity index (χ1n) is 4.19. The maximum Gasteiger partial charge on any atom is 0.323 e. The Bertz CT molecular complexity index is 224. The largest absolute Gasteiger partial charge is 0.463 e. The van der Waals surface area contributed by atoms with Crippen molar-refractivity contribution in [1.82, 2.24) is 5.32 Å². The van der Waals surface area contributed by atoms with Crippen LogP contribution in [0.25, 0.3) is 0 Å². The lowest BCUT2D eigenvalue weighted by molar-refractivity contribution is -0.145. The van der Waals surface area contributed by atoms with Gasteiger partial charge in [0.05, 0.1) is 18.6 Å². The van der Waals surface area contributed by atoms with Gasteiger partial charge >= 0.3 is 5.97 Å². The molecule has 5 heteroatoms. The van der Waals surface area contributed by atoms with Gasteiger partial charge in [-0.15, -0.1) is 0 Å². The van der Waals surface area contributed by atoms with Gasteiger partial charge in [0, 0.05) is 13.0 Å². The standard InChI is InChI=1S/C8H12N2O3/c9-2-1-3-13-8(12)7-4-6(11)5-10-7/h6-7,10-11H,1,3-5H2/t6-,7+/m1/s1. The van der Waals surface area contributed by atoms with Crippen LogP contribution in [0, 0.1) is 11.3 Å². The second-order valence-corrected chi connectivity index (χ2v) is 2.93. The molecule has 0 radical (unpaired) electrons. The quantitative estimate of drug-likeness (QED) is 0.441. The van der Waals surface area contributed by atoms with Crippen LogP contribution in [0.2, 0.25) is 0 Å². The van der Waals surface area contributed by atoms with Gasteiger partial charge in [-0.1, -0.05) is 0 Å². The molecule has 0 spiro atoms. The van der Waals surface area contributed by atoms with E-state index in [1.54, 1.807) is 0 Å². The smallest absolute Gasteiger partial charge is 0.323 e. The van der Waals surface area contributed by atoms with E-state index in [0.717, 1.165) is 0 Å². The first-order chi connectivity index (χ1) is 6.24. The van der Waals surface area contributed by atoms with Crippen LogP contribution in [0.5, 0.6) is 0 Å². The Morgan fingerprint density at radius 3 is 3.08 bits per heavy atom. The zero-order valence-corrected chi connectivity index (χ0v) is 7.19. The first kappa shape index (κ1) is 9.96. The SMILES string of the molecule is N#CCCOC(=O)[C@@H]1C[C@@H](O)CN1. The second kappa shape index (κ2) is 4.80. The number of hydrogen-bond donors (Lipinski definition) is 2. The molecule has 1 fully saturated rings. The number of esters is 1. The molecule has 1 saturated heterocycles. The van der Waals surface area contributed by atoms with Crippen molar-refractivity contribution in [3.8, 4) is 6.07 Å². The molecule has 1 aliphatic heterocycles. The van der Waals surface area contributed by atoms with E-state index < -0.39 is 12.1 Å². The third kappa shape index (κ3) is 3.01. The molecule has 0 amide bonds. The molecule has 0 saturated carbocycles. The Morgan fingerprint density at radius 1 is 1.77 bits per heavy atom. The summed E-state index contributed by atoms with van der Waals surface area (Å²) in [4.78, 5) is 11.2. The third-order valence-corrected chi connectivity index (χ3v) is 1.85. The molecule has 0 aliphatic carbocycles. The Labute approximate surface area is 76.3 Å². The molecule has 2 N–H and O–H groups in total. The number of carbonyl (C=O) groups is 1. The average molecular weight is 184 g/mol. The van der Waals surface area contributed by atoms with Crippen LogP contribution in [0.4, 0.5) is 0 Å². The van der Waals surface area contributed by atoms with Gasteiger partial charge in [0.15, 0.2) is 0 Å². The lowest BCUT2D eigenvalue weighted by atomic mass is 10.2. The number of nitrogens with zero attached hydrogens (tertiary/aromatic N) is 1. The van der Waals surface area contributed by atoms with Gasteiger partial charge in [0.25, 0.3) is 0 Å². The van der Waals surface area contributed by atoms with Crippen LogP contribution in [0.3, 0.4) is 0 Å². The molecule has 13 heavy (non-hydrogen) atoms. The summed E-state index contributed by atoms with van der Waals surface area (Å²) in [5.41, 5.74) is 0. The molecule has 1 rings (SSSR count). The van der Waals surface area contributed by atoms with Crippen molar-refractivity contribution >= 4 is 5.97 Å². The maximum absolute atomic E-state index is 11.2. The molecule has 72 valence electrons. The molecule has 0 bridgehead atoms.